The second-order valence-corrected chi connectivity index (χ2v) is 3.81. The van der Waals surface area contributed by atoms with Crippen molar-refractivity contribution in [3.63, 3.8) is 0 Å². The molecule has 0 bridgehead atoms. The van der Waals surface area contributed by atoms with E-state index in [1.54, 1.807) is 7.05 Å². The summed E-state index contributed by atoms with van der Waals surface area (Å²) in [6, 6.07) is 4.38. The molecule has 0 radical (unpaired) electrons. The Morgan fingerprint density at radius 3 is 2.75 bits per heavy atom. The molecule has 1 amide bonds. The number of rotatable bonds is 4. The van der Waals surface area contributed by atoms with E-state index >= 15 is 0 Å². The largest absolute Gasteiger partial charge is 0.432 e. The summed E-state index contributed by atoms with van der Waals surface area (Å²) in [6.07, 6.45) is 1.41. The Hall–Kier alpha value is -2.51. The molecule has 0 saturated carbocycles. The molecule has 0 spiro atoms. The first-order chi connectivity index (χ1) is 9.47. The SMILES string of the molecule is Cn1nccc1C(=O)Nc1ccc(F)cc1OC(F)F. The van der Waals surface area contributed by atoms with Crippen LogP contribution in [0.5, 0.6) is 5.75 Å². The molecule has 106 valence electrons. The molecule has 2 aromatic rings. The van der Waals surface area contributed by atoms with Crippen molar-refractivity contribution in [2.24, 2.45) is 7.05 Å². The van der Waals surface area contributed by atoms with Crippen molar-refractivity contribution in [1.82, 2.24) is 9.78 Å². The topological polar surface area (TPSA) is 56.2 Å². The quantitative estimate of drug-likeness (QED) is 0.938. The number of alkyl halides is 2. The summed E-state index contributed by atoms with van der Waals surface area (Å²) in [5.41, 5.74) is 0.162. The molecule has 2 rings (SSSR count). The van der Waals surface area contributed by atoms with Crippen LogP contribution < -0.4 is 10.1 Å². The average Bonchev–Trinajstić information content (AvgIpc) is 2.78. The summed E-state index contributed by atoms with van der Waals surface area (Å²) in [7, 11) is 1.55. The van der Waals surface area contributed by atoms with E-state index in [9.17, 15) is 18.0 Å². The number of anilines is 1. The van der Waals surface area contributed by atoms with E-state index in [1.807, 2.05) is 0 Å². The molecule has 20 heavy (non-hydrogen) atoms. The highest BCUT2D eigenvalue weighted by Crippen LogP contribution is 2.27. The van der Waals surface area contributed by atoms with Gasteiger partial charge >= 0.3 is 6.61 Å². The van der Waals surface area contributed by atoms with Gasteiger partial charge in [0.25, 0.3) is 5.91 Å². The van der Waals surface area contributed by atoms with Crippen molar-refractivity contribution in [1.29, 1.82) is 0 Å². The number of nitrogens with one attached hydrogen (secondary N) is 1. The Morgan fingerprint density at radius 1 is 1.40 bits per heavy atom. The van der Waals surface area contributed by atoms with Gasteiger partial charge in [0.2, 0.25) is 0 Å². The lowest BCUT2D eigenvalue weighted by atomic mass is 10.2. The lowest BCUT2D eigenvalue weighted by Crippen LogP contribution is -2.17. The number of benzene rings is 1. The van der Waals surface area contributed by atoms with Crippen molar-refractivity contribution in [2.45, 2.75) is 6.61 Å². The first-order valence-electron chi connectivity index (χ1n) is 5.51. The zero-order valence-corrected chi connectivity index (χ0v) is 10.3. The predicted octanol–water partition coefficient (Wildman–Crippen LogP) is 2.41. The van der Waals surface area contributed by atoms with Gasteiger partial charge in [-0.05, 0) is 18.2 Å². The highest BCUT2D eigenvalue weighted by Gasteiger charge is 2.15. The molecule has 8 heteroatoms. The van der Waals surface area contributed by atoms with Gasteiger partial charge in [0.05, 0.1) is 5.69 Å². The van der Waals surface area contributed by atoms with Crippen molar-refractivity contribution in [3.05, 3.63) is 42.0 Å². The third-order valence-corrected chi connectivity index (χ3v) is 2.46. The van der Waals surface area contributed by atoms with Gasteiger partial charge in [-0.15, -0.1) is 0 Å². The highest BCUT2D eigenvalue weighted by atomic mass is 19.3. The van der Waals surface area contributed by atoms with Crippen LogP contribution in [0.4, 0.5) is 18.9 Å². The number of aryl methyl sites for hydroxylation is 1. The van der Waals surface area contributed by atoms with Crippen molar-refractivity contribution in [2.75, 3.05) is 5.32 Å². The van der Waals surface area contributed by atoms with Gasteiger partial charge < -0.3 is 10.1 Å². The number of amides is 1. The Balaban J connectivity index is 2.25. The summed E-state index contributed by atoms with van der Waals surface area (Å²) in [4.78, 5) is 11.9. The third kappa shape index (κ3) is 3.08. The van der Waals surface area contributed by atoms with Crippen LogP contribution in [-0.4, -0.2) is 22.3 Å². The van der Waals surface area contributed by atoms with Gasteiger partial charge in [0.15, 0.2) is 5.75 Å². The van der Waals surface area contributed by atoms with Crippen LogP contribution >= 0.6 is 0 Å². The molecule has 0 saturated heterocycles. The zero-order valence-electron chi connectivity index (χ0n) is 10.3. The van der Waals surface area contributed by atoms with E-state index in [-0.39, 0.29) is 11.4 Å². The zero-order chi connectivity index (χ0) is 14.7. The van der Waals surface area contributed by atoms with Gasteiger partial charge in [0, 0.05) is 19.3 Å². The van der Waals surface area contributed by atoms with Gasteiger partial charge in [-0.1, -0.05) is 0 Å². The van der Waals surface area contributed by atoms with E-state index in [1.165, 1.54) is 16.9 Å². The molecule has 1 aromatic heterocycles. The van der Waals surface area contributed by atoms with Crippen molar-refractivity contribution < 1.29 is 22.7 Å². The lowest BCUT2D eigenvalue weighted by molar-refractivity contribution is -0.0495. The number of nitrogens with zero attached hydrogens (tertiary/aromatic N) is 2. The van der Waals surface area contributed by atoms with Crippen LogP contribution in [0.25, 0.3) is 0 Å². The van der Waals surface area contributed by atoms with E-state index in [0.717, 1.165) is 18.2 Å². The van der Waals surface area contributed by atoms with Crippen LogP contribution in [-0.2, 0) is 7.05 Å². The third-order valence-electron chi connectivity index (χ3n) is 2.46. The number of hydrogen-bond acceptors (Lipinski definition) is 3. The monoisotopic (exact) mass is 285 g/mol. The molecule has 0 aliphatic heterocycles. The van der Waals surface area contributed by atoms with Gasteiger partial charge in [-0.2, -0.15) is 13.9 Å². The minimum absolute atomic E-state index is 0.0575. The van der Waals surface area contributed by atoms with Crippen LogP contribution in [0.3, 0.4) is 0 Å². The maximum atomic E-state index is 13.0. The summed E-state index contributed by atoms with van der Waals surface area (Å²) in [5.74, 6) is -1.77. The minimum Gasteiger partial charge on any atom is -0.432 e. The Bertz CT molecular complexity index is 628. The maximum absolute atomic E-state index is 13.0. The summed E-state index contributed by atoms with van der Waals surface area (Å²) in [6.45, 7) is -3.12. The number of hydrogen-bond donors (Lipinski definition) is 1. The Kier molecular flexibility index (Phi) is 3.92. The molecule has 0 aliphatic carbocycles. The molecular weight excluding hydrogens is 275 g/mol. The fourth-order valence-corrected chi connectivity index (χ4v) is 1.58. The molecule has 1 N–H and O–H groups in total. The molecule has 1 heterocycles. The first-order valence-corrected chi connectivity index (χ1v) is 5.51. The van der Waals surface area contributed by atoms with E-state index in [2.05, 4.69) is 15.2 Å². The fourth-order valence-electron chi connectivity index (χ4n) is 1.58. The molecule has 0 unspecified atom stereocenters. The summed E-state index contributed by atoms with van der Waals surface area (Å²) in [5, 5.41) is 6.17. The maximum Gasteiger partial charge on any atom is 0.387 e. The van der Waals surface area contributed by atoms with Crippen molar-refractivity contribution in [3.8, 4) is 5.75 Å². The fraction of sp³-hybridized carbons (Fsp3) is 0.167. The van der Waals surface area contributed by atoms with Crippen LogP contribution in [0.2, 0.25) is 0 Å². The predicted molar refractivity (Wildman–Crippen MR) is 64.2 cm³/mol. The number of carbonyl (C=O) groups excluding carboxylic acids is 1. The average molecular weight is 285 g/mol. The molecule has 0 fully saturated rings. The van der Waals surface area contributed by atoms with Crippen molar-refractivity contribution >= 4 is 11.6 Å². The second-order valence-electron chi connectivity index (χ2n) is 3.81. The normalized spacial score (nSPS) is 10.7. The summed E-state index contributed by atoms with van der Waals surface area (Å²) >= 11 is 0. The lowest BCUT2D eigenvalue weighted by Gasteiger charge is -2.12. The Morgan fingerprint density at radius 2 is 2.15 bits per heavy atom. The van der Waals surface area contributed by atoms with E-state index in [4.69, 9.17) is 0 Å². The van der Waals surface area contributed by atoms with E-state index in [0.29, 0.717) is 0 Å². The van der Waals surface area contributed by atoms with E-state index < -0.39 is 24.1 Å². The van der Waals surface area contributed by atoms with Gasteiger partial charge in [-0.3, -0.25) is 9.48 Å². The molecule has 5 nitrogen and oxygen atoms in total. The highest BCUT2D eigenvalue weighted by molar-refractivity contribution is 6.03. The smallest absolute Gasteiger partial charge is 0.387 e. The molecule has 1 aromatic carbocycles. The van der Waals surface area contributed by atoms with Crippen LogP contribution in [0.15, 0.2) is 30.5 Å². The molecular formula is C12H10F3N3O2. The number of ether oxygens (including phenoxy) is 1. The first kappa shape index (κ1) is 13.9. The Labute approximate surface area is 112 Å². The molecule has 0 atom stereocenters. The second kappa shape index (κ2) is 5.64. The molecule has 0 aliphatic rings. The standard InChI is InChI=1S/C12H10F3N3O2/c1-18-9(4-5-16-18)11(19)17-8-3-2-7(13)6-10(8)20-12(14)15/h2-6,12H,1H3,(H,17,19). The van der Waals surface area contributed by atoms with Crippen LogP contribution in [0.1, 0.15) is 10.5 Å². The number of aromatic nitrogens is 2. The van der Waals surface area contributed by atoms with Crippen LogP contribution in [0, 0.1) is 5.82 Å². The number of carbonyl (C=O) groups is 1. The summed E-state index contributed by atoms with van der Waals surface area (Å²) < 4.78 is 43.0. The minimum atomic E-state index is -3.12. The van der Waals surface area contributed by atoms with Gasteiger partial charge in [-0.25, -0.2) is 4.39 Å². The van der Waals surface area contributed by atoms with Gasteiger partial charge in [0.1, 0.15) is 11.5 Å². The number of halogens is 3.